The average molecular weight is 602 g/mol. The van der Waals surface area contributed by atoms with Gasteiger partial charge in [-0.05, 0) is 130 Å². The van der Waals surface area contributed by atoms with E-state index in [0.717, 1.165) is 17.7 Å². The second-order valence-corrected chi connectivity index (χ2v) is 13.1. The molecule has 3 nitrogen and oxygen atoms in total. The van der Waals surface area contributed by atoms with Gasteiger partial charge in [0.25, 0.3) is 0 Å². The lowest BCUT2D eigenvalue weighted by Crippen LogP contribution is -2.58. The lowest BCUT2D eigenvalue weighted by molar-refractivity contribution is 0.975. The quantitative estimate of drug-likeness (QED) is 0.204. The van der Waals surface area contributed by atoms with Crippen LogP contribution in [-0.2, 0) is 0 Å². The van der Waals surface area contributed by atoms with Gasteiger partial charge in [-0.3, -0.25) is 9.97 Å². The van der Waals surface area contributed by atoms with E-state index in [9.17, 15) is 0 Å². The SMILES string of the molecule is Cc1cc(C)c(C2=CNCC=C2)c(C)c1B(c1c(C)cc(C)c(-c2cccnc2)c1C)c1c(C)cc(C)c(-c2cccnc2)c1C. The van der Waals surface area contributed by atoms with Crippen LogP contribution in [0.3, 0.4) is 0 Å². The first-order valence-electron chi connectivity index (χ1n) is 16.3. The van der Waals surface area contributed by atoms with Crippen LogP contribution >= 0.6 is 0 Å². The van der Waals surface area contributed by atoms with Crippen LogP contribution in [0.1, 0.15) is 55.6 Å². The number of nitrogens with zero attached hydrogens (tertiary/aromatic N) is 2. The Hall–Kier alpha value is -4.70. The Labute approximate surface area is 275 Å². The first kappa shape index (κ1) is 31.3. The third-order valence-electron chi connectivity index (χ3n) is 9.94. The zero-order valence-electron chi connectivity index (χ0n) is 28.8. The molecular formula is C42H44BN3. The minimum atomic E-state index is 0.0209. The van der Waals surface area contributed by atoms with E-state index in [2.05, 4.69) is 126 Å². The van der Waals surface area contributed by atoms with Crippen LogP contribution in [0.4, 0.5) is 0 Å². The molecule has 4 heteroatoms. The molecule has 3 heterocycles. The molecule has 0 fully saturated rings. The molecule has 0 bridgehead atoms. The summed E-state index contributed by atoms with van der Waals surface area (Å²) in [4.78, 5) is 9.03. The molecule has 1 N–H and O–H groups in total. The normalized spacial score (nSPS) is 12.6. The molecule has 230 valence electrons. The minimum Gasteiger partial charge on any atom is -0.387 e. The summed E-state index contributed by atoms with van der Waals surface area (Å²) >= 11 is 0. The van der Waals surface area contributed by atoms with E-state index >= 15 is 0 Å². The Kier molecular flexibility index (Phi) is 8.57. The summed E-state index contributed by atoms with van der Waals surface area (Å²) in [6, 6.07) is 15.6. The van der Waals surface area contributed by atoms with E-state index in [4.69, 9.17) is 0 Å². The number of hydrogen-bond donors (Lipinski definition) is 1. The van der Waals surface area contributed by atoms with Crippen molar-refractivity contribution in [1.29, 1.82) is 0 Å². The van der Waals surface area contributed by atoms with E-state index in [-0.39, 0.29) is 6.71 Å². The van der Waals surface area contributed by atoms with E-state index in [1.54, 1.807) is 0 Å². The molecule has 5 aromatic rings. The molecular weight excluding hydrogens is 557 g/mol. The number of aryl methyl sites for hydroxylation is 6. The van der Waals surface area contributed by atoms with Gasteiger partial charge in [0.15, 0.2) is 0 Å². The lowest BCUT2D eigenvalue weighted by Gasteiger charge is -2.31. The van der Waals surface area contributed by atoms with Gasteiger partial charge in [-0.2, -0.15) is 0 Å². The van der Waals surface area contributed by atoms with Gasteiger partial charge >= 0.3 is 0 Å². The number of nitrogens with one attached hydrogen (secondary N) is 1. The fourth-order valence-electron chi connectivity index (χ4n) is 8.35. The number of benzene rings is 3. The van der Waals surface area contributed by atoms with Crippen LogP contribution in [0.5, 0.6) is 0 Å². The number of allylic oxidation sites excluding steroid dienone is 2. The number of dihydropyridines is 1. The van der Waals surface area contributed by atoms with E-state index in [1.807, 2.05) is 36.9 Å². The first-order chi connectivity index (χ1) is 22.1. The molecule has 0 amide bonds. The molecule has 0 spiro atoms. The Bertz CT molecular complexity index is 1920. The fraction of sp³-hybridized carbons (Fsp3) is 0.238. The average Bonchev–Trinajstić information content (AvgIpc) is 3.02. The second-order valence-electron chi connectivity index (χ2n) is 13.1. The van der Waals surface area contributed by atoms with E-state index < -0.39 is 0 Å². The van der Waals surface area contributed by atoms with Crippen LogP contribution < -0.4 is 21.7 Å². The van der Waals surface area contributed by atoms with Gasteiger partial charge in [0, 0.05) is 48.7 Å². The van der Waals surface area contributed by atoms with Gasteiger partial charge in [0.2, 0.25) is 6.71 Å². The maximum Gasteiger partial charge on any atom is 0.243 e. The zero-order valence-corrected chi connectivity index (χ0v) is 28.8. The largest absolute Gasteiger partial charge is 0.387 e. The predicted molar refractivity (Wildman–Crippen MR) is 198 cm³/mol. The zero-order chi connectivity index (χ0) is 32.7. The van der Waals surface area contributed by atoms with Crippen molar-refractivity contribution in [2.45, 2.75) is 62.3 Å². The summed E-state index contributed by atoms with van der Waals surface area (Å²) < 4.78 is 0. The predicted octanol–water partition coefficient (Wildman–Crippen LogP) is 7.60. The highest BCUT2D eigenvalue weighted by atomic mass is 14.8. The van der Waals surface area contributed by atoms with Gasteiger partial charge < -0.3 is 5.32 Å². The minimum absolute atomic E-state index is 0.0209. The van der Waals surface area contributed by atoms with Crippen molar-refractivity contribution in [1.82, 2.24) is 15.3 Å². The van der Waals surface area contributed by atoms with Crippen molar-refractivity contribution in [2.24, 2.45) is 0 Å². The van der Waals surface area contributed by atoms with E-state index in [1.165, 1.54) is 88.7 Å². The Morgan fingerprint density at radius 3 is 1.39 bits per heavy atom. The number of hydrogen-bond acceptors (Lipinski definition) is 3. The van der Waals surface area contributed by atoms with Crippen LogP contribution in [0, 0.1) is 62.3 Å². The monoisotopic (exact) mass is 601 g/mol. The molecule has 0 aliphatic carbocycles. The highest BCUT2D eigenvalue weighted by Crippen LogP contribution is 2.32. The molecule has 6 rings (SSSR count). The smallest absolute Gasteiger partial charge is 0.243 e. The maximum absolute atomic E-state index is 4.52. The summed E-state index contributed by atoms with van der Waals surface area (Å²) in [6.45, 7) is 21.5. The third-order valence-corrected chi connectivity index (χ3v) is 9.94. The van der Waals surface area contributed by atoms with Crippen molar-refractivity contribution < 1.29 is 0 Å². The summed E-state index contributed by atoms with van der Waals surface area (Å²) in [7, 11) is 0. The first-order valence-corrected chi connectivity index (χ1v) is 16.3. The van der Waals surface area contributed by atoms with E-state index in [0.29, 0.717) is 0 Å². The fourth-order valence-corrected chi connectivity index (χ4v) is 8.35. The summed E-state index contributed by atoms with van der Waals surface area (Å²) in [6.07, 6.45) is 14.4. The number of aromatic nitrogens is 2. The van der Waals surface area contributed by atoms with Crippen molar-refractivity contribution in [2.75, 3.05) is 6.54 Å². The van der Waals surface area contributed by atoms with Gasteiger partial charge in [-0.15, -0.1) is 0 Å². The second kappa shape index (κ2) is 12.6. The van der Waals surface area contributed by atoms with Gasteiger partial charge in [-0.1, -0.05) is 75.6 Å². The summed E-state index contributed by atoms with van der Waals surface area (Å²) in [5, 5.41) is 3.45. The van der Waals surface area contributed by atoms with Crippen LogP contribution in [0.25, 0.3) is 27.8 Å². The molecule has 2 aromatic heterocycles. The standard InChI is InChI=1S/C42H44BN3/c1-25-19-28(4)40(31(7)37(25)34-13-10-16-44-22-34)43(41-29(5)20-26(2)38(32(41)8)35-14-11-17-45-23-35)42-30(6)21-27(3)39(33(42)9)36-15-12-18-46-24-36/h10-17,19-24,46H,18H2,1-9H3. The molecule has 0 radical (unpaired) electrons. The number of pyridine rings is 2. The topological polar surface area (TPSA) is 37.8 Å². The summed E-state index contributed by atoms with van der Waals surface area (Å²) in [5.41, 5.74) is 23.4. The van der Waals surface area contributed by atoms with Gasteiger partial charge in [0.05, 0.1) is 0 Å². The van der Waals surface area contributed by atoms with Crippen molar-refractivity contribution in [3.8, 4) is 22.3 Å². The molecule has 3 aromatic carbocycles. The van der Waals surface area contributed by atoms with Crippen LogP contribution in [-0.4, -0.2) is 23.2 Å². The lowest BCUT2D eigenvalue weighted by atomic mass is 9.32. The molecule has 0 saturated carbocycles. The molecule has 0 atom stereocenters. The van der Waals surface area contributed by atoms with Crippen molar-refractivity contribution in [3.63, 3.8) is 0 Å². The maximum atomic E-state index is 4.52. The molecule has 46 heavy (non-hydrogen) atoms. The number of rotatable bonds is 6. The van der Waals surface area contributed by atoms with Crippen LogP contribution in [0.15, 0.2) is 85.6 Å². The Morgan fingerprint density at radius 2 is 1.00 bits per heavy atom. The summed E-state index contributed by atoms with van der Waals surface area (Å²) in [5.74, 6) is 0. The highest BCUT2D eigenvalue weighted by Gasteiger charge is 2.34. The van der Waals surface area contributed by atoms with Crippen molar-refractivity contribution in [3.05, 3.63) is 141 Å². The molecule has 0 unspecified atom stereocenters. The van der Waals surface area contributed by atoms with Crippen molar-refractivity contribution >= 4 is 28.7 Å². The third kappa shape index (κ3) is 5.40. The van der Waals surface area contributed by atoms with Gasteiger partial charge in [0.1, 0.15) is 0 Å². The Balaban J connectivity index is 1.76. The van der Waals surface area contributed by atoms with Crippen LogP contribution in [0.2, 0.25) is 0 Å². The molecule has 0 saturated heterocycles. The van der Waals surface area contributed by atoms with Gasteiger partial charge in [-0.25, -0.2) is 0 Å². The highest BCUT2D eigenvalue weighted by molar-refractivity contribution is 6.97. The molecule has 1 aliphatic heterocycles. The Morgan fingerprint density at radius 1 is 0.565 bits per heavy atom. The molecule has 1 aliphatic rings.